The zero-order valence-corrected chi connectivity index (χ0v) is 21.9. The molecule has 0 spiro atoms. The number of carbonyl (C=O) groups excluding carboxylic acids is 2. The van der Waals surface area contributed by atoms with Crippen LogP contribution in [0.25, 0.3) is 10.9 Å². The van der Waals surface area contributed by atoms with Crippen LogP contribution in [0.3, 0.4) is 0 Å². The van der Waals surface area contributed by atoms with E-state index in [1.807, 2.05) is 0 Å². The first-order chi connectivity index (χ1) is 19.1. The van der Waals surface area contributed by atoms with E-state index in [-0.39, 0.29) is 50.2 Å². The monoisotopic (exact) mass is 562 g/mol. The van der Waals surface area contributed by atoms with Gasteiger partial charge in [0.1, 0.15) is 23.7 Å². The number of hydrogen-bond acceptors (Lipinski definition) is 5. The zero-order chi connectivity index (χ0) is 28.4. The number of piperazine rings is 1. The number of nitrogens with zero attached hydrogens (tertiary/aromatic N) is 3. The van der Waals surface area contributed by atoms with Crippen LogP contribution in [0.4, 0.5) is 17.6 Å². The highest BCUT2D eigenvalue weighted by Crippen LogP contribution is 2.29. The molecule has 0 bridgehead atoms. The minimum atomic E-state index is -2.99. The summed E-state index contributed by atoms with van der Waals surface area (Å²) in [7, 11) is 1.55. The molecule has 2 saturated heterocycles. The lowest BCUT2D eigenvalue weighted by atomic mass is 10.0. The molecule has 2 aliphatic heterocycles. The number of aromatic nitrogens is 1. The Kier molecular flexibility index (Phi) is 7.88. The number of H-pyrrole nitrogens is 1. The number of halogens is 4. The summed E-state index contributed by atoms with van der Waals surface area (Å²) in [6, 6.07) is 12.5. The zero-order valence-electron chi connectivity index (χ0n) is 21.9. The van der Waals surface area contributed by atoms with Gasteiger partial charge in [-0.2, -0.15) is 8.78 Å². The summed E-state index contributed by atoms with van der Waals surface area (Å²) in [5, 5.41) is 0.769. The fraction of sp³-hybridized carbons (Fsp3) is 0.429. The molecule has 3 heterocycles. The molecule has 8 nitrogen and oxygen atoms in total. The third-order valence-corrected chi connectivity index (χ3v) is 7.28. The molecule has 1 N–H and O–H groups in total. The summed E-state index contributed by atoms with van der Waals surface area (Å²) in [5.41, 5.74) is 1.57. The lowest BCUT2D eigenvalue weighted by molar-refractivity contribution is -0.141. The fourth-order valence-electron chi connectivity index (χ4n) is 5.44. The second-order valence-electron chi connectivity index (χ2n) is 10.2. The van der Waals surface area contributed by atoms with E-state index in [1.54, 1.807) is 48.4 Å². The van der Waals surface area contributed by atoms with Gasteiger partial charge in [-0.25, -0.2) is 8.78 Å². The van der Waals surface area contributed by atoms with E-state index in [4.69, 9.17) is 4.74 Å². The normalized spacial score (nSPS) is 19.9. The maximum absolute atomic E-state index is 14.2. The second kappa shape index (κ2) is 11.4. The summed E-state index contributed by atoms with van der Waals surface area (Å²) >= 11 is 0. The molecule has 0 radical (unpaired) electrons. The van der Waals surface area contributed by atoms with Crippen molar-refractivity contribution in [2.45, 2.75) is 38.0 Å². The van der Waals surface area contributed by atoms with Gasteiger partial charge in [-0.05, 0) is 54.9 Å². The molecule has 0 saturated carbocycles. The number of aromatic amines is 1. The first-order valence-electron chi connectivity index (χ1n) is 13.0. The molecule has 214 valence electrons. The van der Waals surface area contributed by atoms with Gasteiger partial charge in [-0.15, -0.1) is 0 Å². The van der Waals surface area contributed by atoms with E-state index in [0.717, 1.165) is 10.9 Å². The van der Waals surface area contributed by atoms with Crippen LogP contribution in [0.1, 0.15) is 28.9 Å². The highest BCUT2D eigenvalue weighted by atomic mass is 19.3. The van der Waals surface area contributed by atoms with Crippen LogP contribution in [-0.2, 0) is 11.3 Å². The Morgan fingerprint density at radius 2 is 1.98 bits per heavy atom. The summed E-state index contributed by atoms with van der Waals surface area (Å²) < 4.78 is 63.5. The van der Waals surface area contributed by atoms with Gasteiger partial charge in [0.2, 0.25) is 5.91 Å². The van der Waals surface area contributed by atoms with Crippen LogP contribution >= 0.6 is 0 Å². The van der Waals surface area contributed by atoms with Gasteiger partial charge in [0.05, 0.1) is 19.7 Å². The standard InChI is InChI=1S/C28H30F4N4O4/c1-39-21-6-7-23-19(11-21)12-24(33-23)26(38)35-15-20(14-34-9-3-8-28(31,32)17-34)36(25(37)16-35)13-18-4-2-5-22(10-18)40-27(29)30/h2,4-7,10-12,20,27,33H,3,8-9,13-17H2,1H3/t20-/m0/s1. The average Bonchev–Trinajstić information content (AvgIpc) is 3.32. The van der Waals surface area contributed by atoms with Gasteiger partial charge in [-0.3, -0.25) is 14.5 Å². The molecular formula is C28H30F4N4O4. The van der Waals surface area contributed by atoms with E-state index in [0.29, 0.717) is 30.0 Å². The molecule has 2 aromatic carbocycles. The summed E-state index contributed by atoms with van der Waals surface area (Å²) in [6.45, 7) is -2.86. The van der Waals surface area contributed by atoms with Crippen molar-refractivity contribution in [3.8, 4) is 11.5 Å². The van der Waals surface area contributed by atoms with Crippen LogP contribution in [0, 0.1) is 0 Å². The van der Waals surface area contributed by atoms with Crippen LogP contribution in [0.2, 0.25) is 0 Å². The van der Waals surface area contributed by atoms with Crippen molar-refractivity contribution in [1.82, 2.24) is 19.7 Å². The Bertz CT molecular complexity index is 1380. The summed E-state index contributed by atoms with van der Waals surface area (Å²) in [6.07, 6.45) is 0.130. The number of piperidine rings is 1. The summed E-state index contributed by atoms with van der Waals surface area (Å²) in [5.74, 6) is -2.99. The average molecular weight is 563 g/mol. The van der Waals surface area contributed by atoms with Gasteiger partial charge in [0.25, 0.3) is 11.8 Å². The molecule has 0 unspecified atom stereocenters. The maximum Gasteiger partial charge on any atom is 0.387 e. The topological polar surface area (TPSA) is 78.1 Å². The Labute approximate surface area is 228 Å². The van der Waals surface area contributed by atoms with E-state index >= 15 is 0 Å². The minimum absolute atomic E-state index is 0.0450. The predicted octanol–water partition coefficient (Wildman–Crippen LogP) is 4.36. The number of methoxy groups -OCH3 is 1. The number of alkyl halides is 4. The number of rotatable bonds is 8. The Morgan fingerprint density at radius 1 is 1.15 bits per heavy atom. The van der Waals surface area contributed by atoms with Gasteiger partial charge in [0.15, 0.2) is 0 Å². The third-order valence-electron chi connectivity index (χ3n) is 7.28. The Morgan fingerprint density at radius 3 is 2.73 bits per heavy atom. The first-order valence-corrected chi connectivity index (χ1v) is 13.0. The van der Waals surface area contributed by atoms with Crippen molar-refractivity contribution in [2.24, 2.45) is 0 Å². The number of amides is 2. The third kappa shape index (κ3) is 6.33. The van der Waals surface area contributed by atoms with Crippen LogP contribution in [0.5, 0.6) is 11.5 Å². The smallest absolute Gasteiger partial charge is 0.387 e. The number of benzene rings is 2. The van der Waals surface area contributed by atoms with Gasteiger partial charge in [-0.1, -0.05) is 12.1 Å². The number of hydrogen-bond donors (Lipinski definition) is 1. The number of likely N-dealkylation sites (tertiary alicyclic amines) is 1. The maximum atomic E-state index is 14.2. The van der Waals surface area contributed by atoms with Crippen LogP contribution in [0.15, 0.2) is 48.5 Å². The lowest BCUT2D eigenvalue weighted by Crippen LogP contribution is -2.61. The molecule has 12 heteroatoms. The number of ether oxygens (including phenoxy) is 2. The van der Waals surface area contributed by atoms with Crippen molar-refractivity contribution in [3.05, 3.63) is 59.8 Å². The molecule has 3 aromatic rings. The molecule has 0 aliphatic carbocycles. The highest BCUT2D eigenvalue weighted by Gasteiger charge is 2.40. The molecule has 5 rings (SSSR count). The molecule has 1 atom stereocenters. The van der Waals surface area contributed by atoms with E-state index in [1.165, 1.54) is 21.9 Å². The summed E-state index contributed by atoms with van der Waals surface area (Å²) in [4.78, 5) is 34.6. The van der Waals surface area contributed by atoms with Gasteiger partial charge >= 0.3 is 6.61 Å². The molecule has 2 aliphatic rings. The van der Waals surface area contributed by atoms with Crippen molar-refractivity contribution < 1.29 is 36.6 Å². The quantitative estimate of drug-likeness (QED) is 0.413. The minimum Gasteiger partial charge on any atom is -0.497 e. The van der Waals surface area contributed by atoms with Crippen molar-refractivity contribution in [3.63, 3.8) is 0 Å². The van der Waals surface area contributed by atoms with Crippen LogP contribution in [-0.4, -0.2) is 89.9 Å². The Balaban J connectivity index is 1.38. The number of carbonyl (C=O) groups is 2. The molecule has 1 aromatic heterocycles. The van der Waals surface area contributed by atoms with Crippen LogP contribution < -0.4 is 9.47 Å². The van der Waals surface area contributed by atoms with Gasteiger partial charge < -0.3 is 24.3 Å². The largest absolute Gasteiger partial charge is 0.497 e. The van der Waals surface area contributed by atoms with E-state index < -0.39 is 25.1 Å². The van der Waals surface area contributed by atoms with E-state index in [2.05, 4.69) is 9.72 Å². The van der Waals surface area contributed by atoms with Gasteiger partial charge in [0, 0.05) is 37.0 Å². The Hall–Kier alpha value is -3.80. The van der Waals surface area contributed by atoms with Crippen molar-refractivity contribution in [1.29, 1.82) is 0 Å². The molecule has 2 amide bonds. The number of nitrogens with one attached hydrogen (secondary N) is 1. The second-order valence-corrected chi connectivity index (χ2v) is 10.2. The molecular weight excluding hydrogens is 532 g/mol. The molecule has 2 fully saturated rings. The SMILES string of the molecule is COc1ccc2[nH]c(C(=O)N3CC(=O)N(Cc4cccc(OC(F)F)c4)[C@@H](CN4CCCC(F)(F)C4)C3)cc2c1. The number of fused-ring (bicyclic) bond motifs is 1. The fourth-order valence-corrected chi connectivity index (χ4v) is 5.44. The lowest BCUT2D eigenvalue weighted by Gasteiger charge is -2.44. The van der Waals surface area contributed by atoms with E-state index in [9.17, 15) is 27.2 Å². The van der Waals surface area contributed by atoms with Crippen molar-refractivity contribution in [2.75, 3.05) is 39.8 Å². The first kappa shape index (κ1) is 27.8. The highest BCUT2D eigenvalue weighted by molar-refractivity contribution is 6.00. The molecule has 40 heavy (non-hydrogen) atoms. The van der Waals surface area contributed by atoms with Crippen molar-refractivity contribution >= 4 is 22.7 Å². The predicted molar refractivity (Wildman–Crippen MR) is 139 cm³/mol.